The van der Waals surface area contributed by atoms with Crippen LogP contribution in [0.4, 0.5) is 5.82 Å². The third-order valence-corrected chi connectivity index (χ3v) is 3.03. The molecule has 114 valence electrons. The van der Waals surface area contributed by atoms with E-state index in [1.54, 1.807) is 0 Å². The van der Waals surface area contributed by atoms with Crippen molar-refractivity contribution >= 4 is 5.82 Å². The van der Waals surface area contributed by atoms with Gasteiger partial charge in [-0.05, 0) is 29.9 Å². The van der Waals surface area contributed by atoms with Crippen molar-refractivity contribution in [1.82, 2.24) is 9.88 Å². The van der Waals surface area contributed by atoms with Crippen molar-refractivity contribution in [3.8, 4) is 0 Å². The second-order valence-corrected chi connectivity index (χ2v) is 6.46. The van der Waals surface area contributed by atoms with Crippen LogP contribution in [0.5, 0.6) is 0 Å². The summed E-state index contributed by atoms with van der Waals surface area (Å²) >= 11 is 0. The van der Waals surface area contributed by atoms with E-state index < -0.39 is 0 Å². The normalized spacial score (nSPS) is 11.6. The molecule has 3 heteroatoms. The molecule has 3 nitrogen and oxygen atoms in total. The Kier molecular flexibility index (Phi) is 7.60. The Morgan fingerprint density at radius 3 is 2.20 bits per heavy atom. The molecule has 0 amide bonds. The van der Waals surface area contributed by atoms with E-state index in [2.05, 4.69) is 62.0 Å². The number of rotatable bonds is 9. The molecule has 20 heavy (non-hydrogen) atoms. The summed E-state index contributed by atoms with van der Waals surface area (Å²) in [5.74, 6) is 2.38. The van der Waals surface area contributed by atoms with Gasteiger partial charge in [-0.3, -0.25) is 4.90 Å². The van der Waals surface area contributed by atoms with Crippen molar-refractivity contribution in [2.24, 2.45) is 11.8 Å². The Balaban J connectivity index is 2.58. The predicted octanol–water partition coefficient (Wildman–Crippen LogP) is 4.02. The topological polar surface area (TPSA) is 28.2 Å². The Labute approximate surface area is 124 Å². The van der Waals surface area contributed by atoms with E-state index in [4.69, 9.17) is 0 Å². The van der Waals surface area contributed by atoms with E-state index in [9.17, 15) is 0 Å². The summed E-state index contributed by atoms with van der Waals surface area (Å²) in [6.07, 6.45) is 3.13. The maximum Gasteiger partial charge on any atom is 0.125 e. The van der Waals surface area contributed by atoms with Gasteiger partial charge < -0.3 is 5.32 Å². The van der Waals surface area contributed by atoms with E-state index in [0.29, 0.717) is 11.8 Å². The SMILES string of the molecule is CCCNc1ccc(CN(CC(C)C)CC(C)C)cn1. The van der Waals surface area contributed by atoms with Gasteiger partial charge in [0, 0.05) is 32.4 Å². The van der Waals surface area contributed by atoms with Gasteiger partial charge in [0.2, 0.25) is 0 Å². The minimum absolute atomic E-state index is 0.701. The van der Waals surface area contributed by atoms with Crippen molar-refractivity contribution in [2.45, 2.75) is 47.6 Å². The fraction of sp³-hybridized carbons (Fsp3) is 0.706. The molecule has 0 aliphatic carbocycles. The third-order valence-electron chi connectivity index (χ3n) is 3.03. The quantitative estimate of drug-likeness (QED) is 0.739. The first-order valence-electron chi connectivity index (χ1n) is 7.92. The standard InChI is InChI=1S/C17H31N3/c1-6-9-18-17-8-7-16(10-19-17)13-20(11-14(2)3)12-15(4)5/h7-8,10,14-15H,6,9,11-13H2,1-5H3,(H,18,19). The molecule has 0 atom stereocenters. The molecule has 1 heterocycles. The Morgan fingerprint density at radius 2 is 1.75 bits per heavy atom. The van der Waals surface area contributed by atoms with Crippen molar-refractivity contribution < 1.29 is 0 Å². The highest BCUT2D eigenvalue weighted by Gasteiger charge is 2.10. The van der Waals surface area contributed by atoms with Crippen LogP contribution in [0.3, 0.4) is 0 Å². The summed E-state index contributed by atoms with van der Waals surface area (Å²) in [6, 6.07) is 4.28. The number of pyridine rings is 1. The van der Waals surface area contributed by atoms with E-state index >= 15 is 0 Å². The summed E-state index contributed by atoms with van der Waals surface area (Å²) in [4.78, 5) is 7.02. The van der Waals surface area contributed by atoms with Crippen LogP contribution in [0, 0.1) is 11.8 Å². The number of hydrogen-bond donors (Lipinski definition) is 1. The van der Waals surface area contributed by atoms with Crippen molar-refractivity contribution in [2.75, 3.05) is 25.0 Å². The summed E-state index contributed by atoms with van der Waals surface area (Å²) in [7, 11) is 0. The lowest BCUT2D eigenvalue weighted by atomic mass is 10.1. The monoisotopic (exact) mass is 277 g/mol. The number of hydrogen-bond acceptors (Lipinski definition) is 3. The smallest absolute Gasteiger partial charge is 0.125 e. The second kappa shape index (κ2) is 8.96. The molecule has 1 rings (SSSR count). The molecule has 1 N–H and O–H groups in total. The van der Waals surface area contributed by atoms with Crippen LogP contribution in [0.15, 0.2) is 18.3 Å². The minimum Gasteiger partial charge on any atom is -0.370 e. The molecule has 0 unspecified atom stereocenters. The van der Waals surface area contributed by atoms with Crippen LogP contribution in [0.2, 0.25) is 0 Å². The van der Waals surface area contributed by atoms with Gasteiger partial charge in [0.25, 0.3) is 0 Å². The van der Waals surface area contributed by atoms with E-state index in [-0.39, 0.29) is 0 Å². The second-order valence-electron chi connectivity index (χ2n) is 6.46. The number of anilines is 1. The van der Waals surface area contributed by atoms with Gasteiger partial charge in [0.15, 0.2) is 0 Å². The van der Waals surface area contributed by atoms with Crippen molar-refractivity contribution in [3.63, 3.8) is 0 Å². The molecule has 0 radical (unpaired) electrons. The van der Waals surface area contributed by atoms with Gasteiger partial charge in [-0.1, -0.05) is 40.7 Å². The highest BCUT2D eigenvalue weighted by Crippen LogP contribution is 2.11. The van der Waals surface area contributed by atoms with Crippen LogP contribution in [0.25, 0.3) is 0 Å². The third kappa shape index (κ3) is 6.90. The molecule has 0 saturated carbocycles. The van der Waals surface area contributed by atoms with Crippen LogP contribution >= 0.6 is 0 Å². The fourth-order valence-electron chi connectivity index (χ4n) is 2.37. The maximum absolute atomic E-state index is 4.49. The van der Waals surface area contributed by atoms with Gasteiger partial charge in [0.05, 0.1) is 0 Å². The van der Waals surface area contributed by atoms with E-state index in [1.165, 1.54) is 5.56 Å². The Morgan fingerprint density at radius 1 is 1.10 bits per heavy atom. The molecule has 0 saturated heterocycles. The molecular weight excluding hydrogens is 246 g/mol. The minimum atomic E-state index is 0.701. The van der Waals surface area contributed by atoms with Crippen molar-refractivity contribution in [1.29, 1.82) is 0 Å². The van der Waals surface area contributed by atoms with Crippen LogP contribution in [0.1, 0.15) is 46.6 Å². The number of aromatic nitrogens is 1. The molecule has 0 fully saturated rings. The zero-order chi connectivity index (χ0) is 15.0. The Hall–Kier alpha value is -1.09. The average molecular weight is 277 g/mol. The van der Waals surface area contributed by atoms with Gasteiger partial charge in [-0.2, -0.15) is 0 Å². The predicted molar refractivity (Wildman–Crippen MR) is 88.0 cm³/mol. The molecule has 0 bridgehead atoms. The van der Waals surface area contributed by atoms with Gasteiger partial charge in [-0.25, -0.2) is 4.98 Å². The summed E-state index contributed by atoms with van der Waals surface area (Å²) in [5, 5.41) is 3.31. The van der Waals surface area contributed by atoms with Gasteiger partial charge in [-0.15, -0.1) is 0 Å². The zero-order valence-corrected chi connectivity index (χ0v) is 13.8. The van der Waals surface area contributed by atoms with Gasteiger partial charge in [0.1, 0.15) is 5.82 Å². The zero-order valence-electron chi connectivity index (χ0n) is 13.8. The van der Waals surface area contributed by atoms with Crippen molar-refractivity contribution in [3.05, 3.63) is 23.9 Å². The Bertz CT molecular complexity index is 347. The summed E-state index contributed by atoms with van der Waals surface area (Å²) in [5.41, 5.74) is 1.30. The number of nitrogens with zero attached hydrogens (tertiary/aromatic N) is 2. The highest BCUT2D eigenvalue weighted by atomic mass is 15.1. The lowest BCUT2D eigenvalue weighted by Gasteiger charge is -2.26. The lowest BCUT2D eigenvalue weighted by molar-refractivity contribution is 0.211. The van der Waals surface area contributed by atoms with Crippen LogP contribution in [-0.4, -0.2) is 29.5 Å². The molecule has 0 aliphatic heterocycles. The molecule has 0 spiro atoms. The summed E-state index contributed by atoms with van der Waals surface area (Å²) < 4.78 is 0. The summed E-state index contributed by atoms with van der Waals surface area (Å²) in [6.45, 7) is 15.6. The van der Waals surface area contributed by atoms with Crippen LogP contribution in [-0.2, 0) is 6.54 Å². The molecular formula is C17H31N3. The first-order chi connectivity index (χ1) is 9.51. The highest BCUT2D eigenvalue weighted by molar-refractivity contribution is 5.35. The lowest BCUT2D eigenvalue weighted by Crippen LogP contribution is -2.30. The van der Waals surface area contributed by atoms with Gasteiger partial charge >= 0.3 is 0 Å². The molecule has 0 aliphatic rings. The molecule has 0 aromatic carbocycles. The average Bonchev–Trinajstić information content (AvgIpc) is 2.36. The molecule has 1 aromatic heterocycles. The van der Waals surface area contributed by atoms with E-state index in [0.717, 1.165) is 38.4 Å². The largest absolute Gasteiger partial charge is 0.370 e. The molecule has 1 aromatic rings. The number of nitrogens with one attached hydrogen (secondary N) is 1. The first kappa shape index (κ1) is 17.0. The fourth-order valence-corrected chi connectivity index (χ4v) is 2.37. The first-order valence-corrected chi connectivity index (χ1v) is 7.92. The van der Waals surface area contributed by atoms with E-state index in [1.807, 2.05) is 6.20 Å². The van der Waals surface area contributed by atoms with Crippen LogP contribution < -0.4 is 5.32 Å². The maximum atomic E-state index is 4.49.